The van der Waals surface area contributed by atoms with Gasteiger partial charge in [0.15, 0.2) is 0 Å². The van der Waals surface area contributed by atoms with Crippen molar-refractivity contribution in [3.63, 3.8) is 0 Å². The Bertz CT molecular complexity index is 1110. The number of carbonyl (C=O) groups excluding carboxylic acids is 1. The van der Waals surface area contributed by atoms with Crippen LogP contribution in [-0.2, 0) is 0 Å². The summed E-state index contributed by atoms with van der Waals surface area (Å²) >= 11 is 0. The molecular weight excluding hydrogens is 288 g/mol. The van der Waals surface area contributed by atoms with E-state index in [0.717, 1.165) is 10.8 Å². The van der Waals surface area contributed by atoms with Gasteiger partial charge in [0, 0.05) is 10.9 Å². The number of benzene rings is 3. The molecule has 1 heterocycles. The Labute approximate surface area is 131 Å². The van der Waals surface area contributed by atoms with Crippen LogP contribution in [0.1, 0.15) is 16.1 Å². The van der Waals surface area contributed by atoms with Gasteiger partial charge in [-0.25, -0.2) is 4.79 Å². The molecule has 0 aliphatic heterocycles. The van der Waals surface area contributed by atoms with Crippen LogP contribution in [0.3, 0.4) is 0 Å². The number of fused-ring (bicyclic) bond motifs is 2. The second kappa shape index (κ2) is 5.18. The summed E-state index contributed by atoms with van der Waals surface area (Å²) in [6, 6.07) is 20.4. The zero-order chi connectivity index (χ0) is 15.8. The van der Waals surface area contributed by atoms with Crippen LogP contribution in [-0.4, -0.2) is 15.8 Å². The minimum absolute atomic E-state index is 0.181. The Kier molecular flexibility index (Phi) is 3.01. The lowest BCUT2D eigenvalue weighted by Gasteiger charge is -2.07. The summed E-state index contributed by atoms with van der Waals surface area (Å²) in [5.74, 6) is -0.246. The Morgan fingerprint density at radius 1 is 0.826 bits per heavy atom. The maximum Gasteiger partial charge on any atom is 0.346 e. The van der Waals surface area contributed by atoms with E-state index >= 15 is 0 Å². The number of hydrogen-bond donors (Lipinski definition) is 1. The van der Waals surface area contributed by atoms with Gasteiger partial charge < -0.3 is 4.98 Å². The molecule has 0 aliphatic carbocycles. The lowest BCUT2D eigenvalue weighted by atomic mass is 9.98. The lowest BCUT2D eigenvalue weighted by molar-refractivity contribution is 0.103. The maximum absolute atomic E-state index is 13.0. The number of aromatic nitrogens is 2. The van der Waals surface area contributed by atoms with Crippen molar-refractivity contribution in [2.75, 3.05) is 0 Å². The molecule has 0 saturated carbocycles. The molecule has 0 bridgehead atoms. The fourth-order valence-corrected chi connectivity index (χ4v) is 2.83. The molecule has 0 amide bonds. The number of hydrogen-bond acceptors (Lipinski definition) is 3. The number of nitrogens with zero attached hydrogens (tertiary/aromatic N) is 1. The highest BCUT2D eigenvalue weighted by Gasteiger charge is 2.17. The van der Waals surface area contributed by atoms with Gasteiger partial charge in [0.25, 0.3) is 0 Å². The fraction of sp³-hybridized carbons (Fsp3) is 0. The molecule has 0 saturated heterocycles. The predicted octanol–water partition coefficient (Wildman–Crippen LogP) is 3.31. The van der Waals surface area contributed by atoms with E-state index in [2.05, 4.69) is 9.97 Å². The molecule has 4 heteroatoms. The third-order valence-corrected chi connectivity index (χ3v) is 3.89. The van der Waals surface area contributed by atoms with E-state index in [1.165, 1.54) is 0 Å². The average molecular weight is 300 g/mol. The van der Waals surface area contributed by atoms with Crippen LogP contribution in [0.2, 0.25) is 0 Å². The third-order valence-electron chi connectivity index (χ3n) is 3.89. The zero-order valence-corrected chi connectivity index (χ0v) is 12.1. The number of carbonyl (C=O) groups is 1. The normalized spacial score (nSPS) is 11.0. The molecule has 4 rings (SSSR count). The average Bonchev–Trinajstić information content (AvgIpc) is 2.60. The SMILES string of the molecule is O=C(c1cccc2ccccc12)c1nc(=O)[nH]c2ccccc12. The summed E-state index contributed by atoms with van der Waals surface area (Å²) in [7, 11) is 0. The van der Waals surface area contributed by atoms with E-state index in [0.29, 0.717) is 16.5 Å². The molecule has 0 unspecified atom stereocenters. The molecule has 23 heavy (non-hydrogen) atoms. The van der Waals surface area contributed by atoms with E-state index in [-0.39, 0.29) is 11.5 Å². The van der Waals surface area contributed by atoms with Crippen molar-refractivity contribution in [1.82, 2.24) is 9.97 Å². The monoisotopic (exact) mass is 300 g/mol. The van der Waals surface area contributed by atoms with Crippen molar-refractivity contribution in [2.24, 2.45) is 0 Å². The molecule has 1 aromatic heterocycles. The second-order valence-electron chi connectivity index (χ2n) is 5.29. The van der Waals surface area contributed by atoms with Gasteiger partial charge in [0.05, 0.1) is 5.52 Å². The Hall–Kier alpha value is -3.27. The highest BCUT2D eigenvalue weighted by Crippen LogP contribution is 2.23. The summed E-state index contributed by atoms with van der Waals surface area (Å²) in [5, 5.41) is 2.48. The van der Waals surface area contributed by atoms with Gasteiger partial charge in [-0.3, -0.25) is 4.79 Å². The van der Waals surface area contributed by atoms with Gasteiger partial charge in [-0.15, -0.1) is 0 Å². The van der Waals surface area contributed by atoms with Gasteiger partial charge in [0.2, 0.25) is 5.78 Å². The number of ketones is 1. The number of aromatic amines is 1. The number of nitrogens with one attached hydrogen (secondary N) is 1. The quantitative estimate of drug-likeness (QED) is 0.578. The summed E-state index contributed by atoms with van der Waals surface area (Å²) < 4.78 is 0. The molecule has 0 spiro atoms. The summed E-state index contributed by atoms with van der Waals surface area (Å²) in [6.07, 6.45) is 0. The first-order chi connectivity index (χ1) is 11.2. The van der Waals surface area contributed by atoms with Crippen LogP contribution in [0.5, 0.6) is 0 Å². The predicted molar refractivity (Wildman–Crippen MR) is 89.7 cm³/mol. The van der Waals surface area contributed by atoms with Gasteiger partial charge in [-0.2, -0.15) is 4.98 Å². The van der Waals surface area contributed by atoms with Crippen molar-refractivity contribution in [2.45, 2.75) is 0 Å². The van der Waals surface area contributed by atoms with Gasteiger partial charge in [-0.1, -0.05) is 60.7 Å². The first-order valence-electron chi connectivity index (χ1n) is 7.25. The number of H-pyrrole nitrogens is 1. The third kappa shape index (κ3) is 2.21. The van der Waals surface area contributed by atoms with Gasteiger partial charge >= 0.3 is 5.69 Å². The molecule has 110 valence electrons. The molecular formula is C19H12N2O2. The highest BCUT2D eigenvalue weighted by molar-refractivity contribution is 6.19. The largest absolute Gasteiger partial charge is 0.346 e. The minimum atomic E-state index is -0.521. The number of para-hydroxylation sites is 1. The molecule has 0 radical (unpaired) electrons. The maximum atomic E-state index is 13.0. The Balaban J connectivity index is 2.01. The van der Waals surface area contributed by atoms with E-state index in [4.69, 9.17) is 0 Å². The van der Waals surface area contributed by atoms with Crippen LogP contribution in [0, 0.1) is 0 Å². The first-order valence-corrected chi connectivity index (χ1v) is 7.25. The van der Waals surface area contributed by atoms with E-state index in [1.54, 1.807) is 18.2 Å². The molecule has 1 N–H and O–H groups in total. The van der Waals surface area contributed by atoms with Crippen LogP contribution < -0.4 is 5.69 Å². The van der Waals surface area contributed by atoms with Crippen molar-refractivity contribution in [1.29, 1.82) is 0 Å². The lowest BCUT2D eigenvalue weighted by Crippen LogP contribution is -2.17. The van der Waals surface area contributed by atoms with Crippen molar-refractivity contribution in [3.05, 3.63) is 88.5 Å². The molecule has 4 aromatic rings. The molecule has 4 nitrogen and oxygen atoms in total. The van der Waals surface area contributed by atoms with Gasteiger partial charge in [-0.05, 0) is 16.8 Å². The second-order valence-corrected chi connectivity index (χ2v) is 5.29. The van der Waals surface area contributed by atoms with E-state index < -0.39 is 5.69 Å². The van der Waals surface area contributed by atoms with Crippen molar-refractivity contribution in [3.8, 4) is 0 Å². The molecule has 3 aromatic carbocycles. The van der Waals surface area contributed by atoms with Crippen LogP contribution in [0.15, 0.2) is 71.5 Å². The topological polar surface area (TPSA) is 62.8 Å². The van der Waals surface area contributed by atoms with Gasteiger partial charge in [0.1, 0.15) is 5.69 Å². The molecule has 0 atom stereocenters. The molecule has 0 aliphatic rings. The Morgan fingerprint density at radius 3 is 2.39 bits per heavy atom. The van der Waals surface area contributed by atoms with Crippen molar-refractivity contribution < 1.29 is 4.79 Å². The fourth-order valence-electron chi connectivity index (χ4n) is 2.83. The highest BCUT2D eigenvalue weighted by atomic mass is 16.1. The van der Waals surface area contributed by atoms with E-state index in [9.17, 15) is 9.59 Å². The minimum Gasteiger partial charge on any atom is -0.305 e. The van der Waals surface area contributed by atoms with Crippen LogP contribution in [0.4, 0.5) is 0 Å². The number of rotatable bonds is 2. The summed E-state index contributed by atoms with van der Waals surface area (Å²) in [6.45, 7) is 0. The van der Waals surface area contributed by atoms with Crippen LogP contribution in [0.25, 0.3) is 21.7 Å². The summed E-state index contributed by atoms with van der Waals surface area (Å²) in [4.78, 5) is 31.4. The van der Waals surface area contributed by atoms with Crippen LogP contribution >= 0.6 is 0 Å². The van der Waals surface area contributed by atoms with Crippen molar-refractivity contribution >= 4 is 27.5 Å². The smallest absolute Gasteiger partial charge is 0.305 e. The Morgan fingerprint density at radius 2 is 1.52 bits per heavy atom. The summed E-state index contributed by atoms with van der Waals surface area (Å²) in [5.41, 5.74) is 0.815. The zero-order valence-electron chi connectivity index (χ0n) is 12.1. The molecule has 0 fully saturated rings. The first kappa shape index (κ1) is 13.4. The van der Waals surface area contributed by atoms with E-state index in [1.807, 2.05) is 48.5 Å². The standard InChI is InChI=1S/C19H12N2O2/c22-18(14-10-5-7-12-6-1-2-8-13(12)14)17-15-9-3-4-11-16(15)20-19(23)21-17/h1-11H,(H,20,21,23).